The van der Waals surface area contributed by atoms with Crippen molar-refractivity contribution in [3.63, 3.8) is 0 Å². The quantitative estimate of drug-likeness (QED) is 0.312. The number of pyridine rings is 2. The maximum Gasteiger partial charge on any atom is 0.303 e. The highest BCUT2D eigenvalue weighted by molar-refractivity contribution is 7.92. The molecule has 0 bridgehead atoms. The van der Waals surface area contributed by atoms with E-state index in [-0.39, 0.29) is 11.3 Å². The first-order valence-electron chi connectivity index (χ1n) is 11.3. The number of aliphatic carboxylic acids is 1. The molecule has 1 aromatic carbocycles. The van der Waals surface area contributed by atoms with Gasteiger partial charge in [0.2, 0.25) is 0 Å². The van der Waals surface area contributed by atoms with E-state index in [0.717, 1.165) is 48.8 Å². The van der Waals surface area contributed by atoms with E-state index in [9.17, 15) is 13.2 Å². The van der Waals surface area contributed by atoms with Crippen molar-refractivity contribution in [2.24, 2.45) is 0 Å². The standard InChI is InChI=1S/C26H29N3O4S/c30-26(31)15-6-4-2-1-3-5-14-25(22-11-8-16-27-19-22)21-10-7-12-23(18-21)29-34(32,33)24-13-9-17-28-20-24/h7-14,16-20,29H,1-6,15H2,(H,30,31). The second-order valence-corrected chi connectivity index (χ2v) is 9.62. The summed E-state index contributed by atoms with van der Waals surface area (Å²) in [5, 5.41) is 8.72. The van der Waals surface area contributed by atoms with E-state index in [1.807, 2.05) is 30.3 Å². The molecule has 3 rings (SSSR count). The molecule has 0 aliphatic carbocycles. The van der Waals surface area contributed by atoms with Crippen molar-refractivity contribution in [3.05, 3.63) is 90.5 Å². The topological polar surface area (TPSA) is 109 Å². The van der Waals surface area contributed by atoms with Crippen molar-refractivity contribution in [1.82, 2.24) is 9.97 Å². The Labute approximate surface area is 200 Å². The third-order valence-corrected chi connectivity index (χ3v) is 6.65. The number of hydrogen-bond donors (Lipinski definition) is 2. The van der Waals surface area contributed by atoms with Gasteiger partial charge >= 0.3 is 5.97 Å². The van der Waals surface area contributed by atoms with Crippen LogP contribution in [0.5, 0.6) is 0 Å². The lowest BCUT2D eigenvalue weighted by Crippen LogP contribution is -2.13. The number of rotatable bonds is 13. The molecule has 8 heteroatoms. The molecule has 0 aliphatic rings. The van der Waals surface area contributed by atoms with Gasteiger partial charge in [0.1, 0.15) is 4.90 Å². The van der Waals surface area contributed by atoms with Crippen molar-refractivity contribution in [1.29, 1.82) is 0 Å². The third kappa shape index (κ3) is 7.81. The first-order valence-corrected chi connectivity index (χ1v) is 12.8. The Morgan fingerprint density at radius 3 is 2.29 bits per heavy atom. The summed E-state index contributed by atoms with van der Waals surface area (Å²) in [6, 6.07) is 14.3. The summed E-state index contributed by atoms with van der Waals surface area (Å²) in [6.07, 6.45) is 14.3. The predicted octanol–water partition coefficient (Wildman–Crippen LogP) is 5.52. The highest BCUT2D eigenvalue weighted by atomic mass is 32.2. The maximum absolute atomic E-state index is 12.7. The van der Waals surface area contributed by atoms with Crippen LogP contribution in [0.3, 0.4) is 0 Å². The maximum atomic E-state index is 12.7. The van der Waals surface area contributed by atoms with Gasteiger partial charge in [0.15, 0.2) is 0 Å². The Hall–Kier alpha value is -3.52. The van der Waals surface area contributed by atoms with Crippen LogP contribution in [0.4, 0.5) is 5.69 Å². The van der Waals surface area contributed by atoms with Gasteiger partial charge in [-0.2, -0.15) is 0 Å². The second-order valence-electron chi connectivity index (χ2n) is 7.93. The van der Waals surface area contributed by atoms with Gasteiger partial charge < -0.3 is 5.11 Å². The molecular weight excluding hydrogens is 450 g/mol. The normalized spacial score (nSPS) is 11.8. The van der Waals surface area contributed by atoms with E-state index in [1.54, 1.807) is 24.5 Å². The van der Waals surface area contributed by atoms with E-state index in [4.69, 9.17) is 5.11 Å². The van der Waals surface area contributed by atoms with Crippen LogP contribution in [0.25, 0.3) is 5.57 Å². The monoisotopic (exact) mass is 479 g/mol. The zero-order valence-electron chi connectivity index (χ0n) is 18.9. The lowest BCUT2D eigenvalue weighted by atomic mass is 9.97. The molecule has 0 atom stereocenters. The molecular formula is C26H29N3O4S. The first kappa shape index (κ1) is 25.1. The van der Waals surface area contributed by atoms with Gasteiger partial charge in [0.25, 0.3) is 10.0 Å². The van der Waals surface area contributed by atoms with Crippen LogP contribution in [-0.2, 0) is 14.8 Å². The molecule has 7 nitrogen and oxygen atoms in total. The van der Waals surface area contributed by atoms with Gasteiger partial charge in [-0.3, -0.25) is 19.5 Å². The van der Waals surface area contributed by atoms with E-state index in [0.29, 0.717) is 12.1 Å². The molecule has 2 N–H and O–H groups in total. The van der Waals surface area contributed by atoms with Crippen LogP contribution >= 0.6 is 0 Å². The van der Waals surface area contributed by atoms with E-state index in [1.165, 1.54) is 18.5 Å². The van der Waals surface area contributed by atoms with Crippen LogP contribution < -0.4 is 4.72 Å². The summed E-state index contributed by atoms with van der Waals surface area (Å²) in [5.41, 5.74) is 3.30. The van der Waals surface area contributed by atoms with Crippen molar-refractivity contribution in [2.45, 2.75) is 49.8 Å². The molecule has 0 fully saturated rings. The summed E-state index contributed by atoms with van der Waals surface area (Å²) >= 11 is 0. The van der Waals surface area contributed by atoms with Gasteiger partial charge in [-0.05, 0) is 60.7 Å². The van der Waals surface area contributed by atoms with Gasteiger partial charge in [-0.1, -0.05) is 43.5 Å². The fourth-order valence-electron chi connectivity index (χ4n) is 3.59. The Balaban J connectivity index is 1.72. The molecule has 34 heavy (non-hydrogen) atoms. The summed E-state index contributed by atoms with van der Waals surface area (Å²) in [7, 11) is -3.74. The molecule has 178 valence electrons. The van der Waals surface area contributed by atoms with E-state index < -0.39 is 16.0 Å². The molecule has 0 aliphatic heterocycles. The molecule has 2 aromatic heterocycles. The zero-order valence-corrected chi connectivity index (χ0v) is 19.7. The number of hydrogen-bond acceptors (Lipinski definition) is 5. The van der Waals surface area contributed by atoms with Gasteiger partial charge in [-0.25, -0.2) is 8.42 Å². The number of carbonyl (C=O) groups is 1. The molecule has 0 spiro atoms. The summed E-state index contributed by atoms with van der Waals surface area (Å²) in [6.45, 7) is 0. The smallest absolute Gasteiger partial charge is 0.303 e. The number of unbranched alkanes of at least 4 members (excludes halogenated alkanes) is 5. The van der Waals surface area contributed by atoms with E-state index >= 15 is 0 Å². The van der Waals surface area contributed by atoms with Crippen LogP contribution in [0.2, 0.25) is 0 Å². The molecule has 0 amide bonds. The van der Waals surface area contributed by atoms with Crippen LogP contribution in [0, 0.1) is 0 Å². The minimum Gasteiger partial charge on any atom is -0.481 e. The largest absolute Gasteiger partial charge is 0.481 e. The van der Waals surface area contributed by atoms with Gasteiger partial charge in [0, 0.05) is 42.5 Å². The molecule has 3 aromatic rings. The minimum atomic E-state index is -3.74. The number of sulfonamides is 1. The molecule has 0 saturated carbocycles. The first-order chi connectivity index (χ1) is 16.5. The lowest BCUT2D eigenvalue weighted by molar-refractivity contribution is -0.137. The highest BCUT2D eigenvalue weighted by Gasteiger charge is 2.15. The summed E-state index contributed by atoms with van der Waals surface area (Å²) < 4.78 is 28.0. The predicted molar refractivity (Wildman–Crippen MR) is 133 cm³/mol. The second kappa shape index (κ2) is 12.6. The van der Waals surface area contributed by atoms with Crippen LogP contribution in [-0.4, -0.2) is 29.5 Å². The van der Waals surface area contributed by atoms with E-state index in [2.05, 4.69) is 20.8 Å². The number of carboxylic acids is 1. The fraction of sp³-hybridized carbons (Fsp3) is 0.269. The molecule has 0 unspecified atom stereocenters. The third-order valence-electron chi connectivity index (χ3n) is 5.29. The Kier molecular flexibility index (Phi) is 9.34. The molecule has 0 radical (unpaired) electrons. The van der Waals surface area contributed by atoms with Crippen molar-refractivity contribution >= 4 is 27.3 Å². The van der Waals surface area contributed by atoms with Crippen molar-refractivity contribution < 1.29 is 18.3 Å². The number of allylic oxidation sites excluding steroid dienone is 1. The van der Waals surface area contributed by atoms with Gasteiger partial charge in [0.05, 0.1) is 0 Å². The number of nitrogens with zero attached hydrogens (tertiary/aromatic N) is 2. The van der Waals surface area contributed by atoms with Crippen molar-refractivity contribution in [2.75, 3.05) is 4.72 Å². The lowest BCUT2D eigenvalue weighted by Gasteiger charge is -2.12. The van der Waals surface area contributed by atoms with Crippen LogP contribution in [0.15, 0.2) is 84.3 Å². The molecule has 0 saturated heterocycles. The fourth-order valence-corrected chi connectivity index (χ4v) is 4.60. The average Bonchev–Trinajstić information content (AvgIpc) is 2.84. The number of carboxylic acid groups (broad SMARTS) is 1. The number of aromatic nitrogens is 2. The highest BCUT2D eigenvalue weighted by Crippen LogP contribution is 2.27. The van der Waals surface area contributed by atoms with Gasteiger partial charge in [-0.15, -0.1) is 0 Å². The Morgan fingerprint density at radius 2 is 1.59 bits per heavy atom. The van der Waals surface area contributed by atoms with Crippen LogP contribution in [0.1, 0.15) is 56.1 Å². The summed E-state index contributed by atoms with van der Waals surface area (Å²) in [4.78, 5) is 18.8. The minimum absolute atomic E-state index is 0.104. The average molecular weight is 480 g/mol. The number of anilines is 1. The Morgan fingerprint density at radius 1 is 0.882 bits per heavy atom. The zero-order chi connectivity index (χ0) is 24.2. The molecule has 2 heterocycles. The van der Waals surface area contributed by atoms with Crippen molar-refractivity contribution in [3.8, 4) is 0 Å². The summed E-state index contributed by atoms with van der Waals surface area (Å²) in [5.74, 6) is -0.742. The SMILES string of the molecule is O=C(O)CCCCCCCC=C(c1cccnc1)c1cccc(NS(=O)(=O)c2cccnc2)c1. The number of nitrogens with one attached hydrogen (secondary N) is 1. The Bertz CT molecular complexity index is 1200. The number of benzene rings is 1.